The van der Waals surface area contributed by atoms with Gasteiger partial charge in [0.15, 0.2) is 0 Å². The summed E-state index contributed by atoms with van der Waals surface area (Å²) < 4.78 is 4.45. The second kappa shape index (κ2) is 6.30. The third-order valence-electron chi connectivity index (χ3n) is 2.04. The zero-order chi connectivity index (χ0) is 11.1. The maximum absolute atomic E-state index is 10.7. The second-order valence-electron chi connectivity index (χ2n) is 3.11. The standard InChI is InChI=1S/C11H14ClNO2/c1-15-11(14)13-8-4-6-9-5-2-3-7-10(9)12/h2-3,5,7H,4,6,8H2,1H3,(H,13,14). The summed E-state index contributed by atoms with van der Waals surface area (Å²) in [5.41, 5.74) is 1.10. The van der Waals surface area contributed by atoms with Gasteiger partial charge >= 0.3 is 6.09 Å². The van der Waals surface area contributed by atoms with Crippen molar-refractivity contribution in [2.45, 2.75) is 12.8 Å². The Bertz CT molecular complexity index is 328. The van der Waals surface area contributed by atoms with E-state index in [2.05, 4.69) is 10.1 Å². The SMILES string of the molecule is COC(=O)NCCCc1ccccc1Cl. The number of halogens is 1. The highest BCUT2D eigenvalue weighted by molar-refractivity contribution is 6.31. The molecule has 0 fully saturated rings. The molecule has 4 heteroatoms. The molecule has 3 nitrogen and oxygen atoms in total. The van der Waals surface area contributed by atoms with Crippen molar-refractivity contribution in [1.82, 2.24) is 5.32 Å². The smallest absolute Gasteiger partial charge is 0.406 e. The molecule has 0 saturated heterocycles. The van der Waals surface area contributed by atoms with Crippen LogP contribution < -0.4 is 5.32 Å². The molecule has 0 atom stereocenters. The number of methoxy groups -OCH3 is 1. The molecule has 0 aliphatic rings. The zero-order valence-corrected chi connectivity index (χ0v) is 9.38. The van der Waals surface area contributed by atoms with E-state index in [-0.39, 0.29) is 0 Å². The van der Waals surface area contributed by atoms with Gasteiger partial charge in [0.1, 0.15) is 0 Å². The molecule has 1 amide bonds. The lowest BCUT2D eigenvalue weighted by atomic mass is 10.1. The quantitative estimate of drug-likeness (QED) is 0.804. The van der Waals surface area contributed by atoms with Gasteiger partial charge in [0, 0.05) is 11.6 Å². The molecule has 1 aromatic carbocycles. The molecule has 0 aliphatic carbocycles. The van der Waals surface area contributed by atoms with Gasteiger partial charge in [0.25, 0.3) is 0 Å². The Kier molecular flexibility index (Phi) is 4.98. The van der Waals surface area contributed by atoms with E-state index >= 15 is 0 Å². The molecular formula is C11H14ClNO2. The van der Waals surface area contributed by atoms with Gasteiger partial charge in [-0.2, -0.15) is 0 Å². The van der Waals surface area contributed by atoms with Crippen LogP contribution in [0, 0.1) is 0 Å². The van der Waals surface area contributed by atoms with Crippen molar-refractivity contribution in [3.63, 3.8) is 0 Å². The van der Waals surface area contributed by atoms with E-state index in [1.54, 1.807) is 0 Å². The molecule has 0 heterocycles. The van der Waals surface area contributed by atoms with Crippen LogP contribution in [0.2, 0.25) is 5.02 Å². The topological polar surface area (TPSA) is 38.3 Å². The summed E-state index contributed by atoms with van der Waals surface area (Å²) in [5.74, 6) is 0. The summed E-state index contributed by atoms with van der Waals surface area (Å²) >= 11 is 5.98. The number of hydrogen-bond acceptors (Lipinski definition) is 2. The average molecular weight is 228 g/mol. The molecule has 0 saturated carbocycles. The Balaban J connectivity index is 2.26. The number of benzene rings is 1. The summed E-state index contributed by atoms with van der Waals surface area (Å²) in [6.07, 6.45) is 1.30. The van der Waals surface area contributed by atoms with Crippen molar-refractivity contribution < 1.29 is 9.53 Å². The first-order valence-corrected chi connectivity index (χ1v) is 5.17. The van der Waals surface area contributed by atoms with Crippen LogP contribution in [0.15, 0.2) is 24.3 Å². The van der Waals surface area contributed by atoms with Crippen LogP contribution in [-0.2, 0) is 11.2 Å². The van der Waals surface area contributed by atoms with Crippen LogP contribution in [-0.4, -0.2) is 19.7 Å². The molecule has 0 bridgehead atoms. The predicted octanol–water partition coefficient (Wildman–Crippen LogP) is 2.63. The third-order valence-corrected chi connectivity index (χ3v) is 2.40. The molecule has 0 aliphatic heterocycles. The first-order chi connectivity index (χ1) is 7.24. The molecule has 82 valence electrons. The number of carbonyl (C=O) groups is 1. The number of amides is 1. The van der Waals surface area contributed by atoms with Gasteiger partial charge in [-0.05, 0) is 24.5 Å². The van der Waals surface area contributed by atoms with Gasteiger partial charge in [0.2, 0.25) is 0 Å². The first-order valence-electron chi connectivity index (χ1n) is 4.79. The fourth-order valence-electron chi connectivity index (χ4n) is 1.24. The maximum Gasteiger partial charge on any atom is 0.406 e. The van der Waals surface area contributed by atoms with Gasteiger partial charge < -0.3 is 10.1 Å². The highest BCUT2D eigenvalue weighted by Gasteiger charge is 2.00. The van der Waals surface area contributed by atoms with Crippen molar-refractivity contribution in [2.75, 3.05) is 13.7 Å². The summed E-state index contributed by atoms with van der Waals surface area (Å²) in [5, 5.41) is 3.39. The van der Waals surface area contributed by atoms with Crippen molar-refractivity contribution in [3.8, 4) is 0 Å². The van der Waals surface area contributed by atoms with E-state index < -0.39 is 6.09 Å². The van der Waals surface area contributed by atoms with E-state index in [1.165, 1.54) is 7.11 Å². The molecular weight excluding hydrogens is 214 g/mol. The highest BCUT2D eigenvalue weighted by Crippen LogP contribution is 2.16. The van der Waals surface area contributed by atoms with E-state index in [0.29, 0.717) is 6.54 Å². The average Bonchev–Trinajstić information content (AvgIpc) is 2.26. The number of aryl methyl sites for hydroxylation is 1. The van der Waals surface area contributed by atoms with Gasteiger partial charge in [-0.25, -0.2) is 4.79 Å². The van der Waals surface area contributed by atoms with Gasteiger partial charge in [0.05, 0.1) is 7.11 Å². The number of carbonyl (C=O) groups excluding carboxylic acids is 1. The van der Waals surface area contributed by atoms with Crippen molar-refractivity contribution in [1.29, 1.82) is 0 Å². The normalized spacial score (nSPS) is 9.73. The lowest BCUT2D eigenvalue weighted by Crippen LogP contribution is -2.24. The number of rotatable bonds is 4. The molecule has 0 unspecified atom stereocenters. The summed E-state index contributed by atoms with van der Waals surface area (Å²) in [7, 11) is 1.35. The van der Waals surface area contributed by atoms with Crippen molar-refractivity contribution >= 4 is 17.7 Å². The van der Waals surface area contributed by atoms with Crippen LogP contribution in [0.1, 0.15) is 12.0 Å². The minimum atomic E-state index is -0.394. The summed E-state index contributed by atoms with van der Waals surface area (Å²) in [6, 6.07) is 7.71. The molecule has 1 rings (SSSR count). The summed E-state index contributed by atoms with van der Waals surface area (Å²) in [6.45, 7) is 0.595. The van der Waals surface area contributed by atoms with Crippen LogP contribution in [0.25, 0.3) is 0 Å². The lowest BCUT2D eigenvalue weighted by molar-refractivity contribution is 0.171. The van der Waals surface area contributed by atoms with E-state index in [1.807, 2.05) is 24.3 Å². The monoisotopic (exact) mass is 227 g/mol. The van der Waals surface area contributed by atoms with Crippen LogP contribution in [0.5, 0.6) is 0 Å². The molecule has 0 spiro atoms. The van der Waals surface area contributed by atoms with E-state index in [9.17, 15) is 4.79 Å². The second-order valence-corrected chi connectivity index (χ2v) is 3.52. The number of ether oxygens (including phenoxy) is 1. The first kappa shape index (κ1) is 11.9. The molecule has 1 N–H and O–H groups in total. The Labute approximate surface area is 94.4 Å². The Morgan fingerprint density at radius 3 is 2.87 bits per heavy atom. The van der Waals surface area contributed by atoms with Crippen molar-refractivity contribution in [3.05, 3.63) is 34.9 Å². The molecule has 0 aromatic heterocycles. The van der Waals surface area contributed by atoms with Crippen LogP contribution >= 0.6 is 11.6 Å². The number of alkyl carbamates (subject to hydrolysis) is 1. The molecule has 0 radical (unpaired) electrons. The minimum absolute atomic E-state index is 0.394. The van der Waals surface area contributed by atoms with Gasteiger partial charge in [-0.1, -0.05) is 29.8 Å². The number of nitrogens with one attached hydrogen (secondary N) is 1. The Morgan fingerprint density at radius 2 is 2.20 bits per heavy atom. The molecule has 1 aromatic rings. The van der Waals surface area contributed by atoms with E-state index in [0.717, 1.165) is 23.4 Å². The third kappa shape index (κ3) is 4.21. The van der Waals surface area contributed by atoms with Crippen LogP contribution in [0.4, 0.5) is 4.79 Å². The van der Waals surface area contributed by atoms with Crippen molar-refractivity contribution in [2.24, 2.45) is 0 Å². The van der Waals surface area contributed by atoms with Gasteiger partial charge in [-0.15, -0.1) is 0 Å². The Hall–Kier alpha value is -1.22. The highest BCUT2D eigenvalue weighted by atomic mass is 35.5. The fraction of sp³-hybridized carbons (Fsp3) is 0.364. The van der Waals surface area contributed by atoms with Crippen LogP contribution in [0.3, 0.4) is 0 Å². The van der Waals surface area contributed by atoms with Gasteiger partial charge in [-0.3, -0.25) is 0 Å². The molecule has 15 heavy (non-hydrogen) atoms. The Morgan fingerprint density at radius 1 is 1.47 bits per heavy atom. The zero-order valence-electron chi connectivity index (χ0n) is 8.63. The lowest BCUT2D eigenvalue weighted by Gasteiger charge is -2.05. The minimum Gasteiger partial charge on any atom is -0.453 e. The largest absolute Gasteiger partial charge is 0.453 e. The number of hydrogen-bond donors (Lipinski definition) is 1. The predicted molar refractivity (Wildman–Crippen MR) is 60.2 cm³/mol. The fourth-order valence-corrected chi connectivity index (χ4v) is 1.47. The maximum atomic E-state index is 10.7. The summed E-state index contributed by atoms with van der Waals surface area (Å²) in [4.78, 5) is 10.7. The van der Waals surface area contributed by atoms with E-state index in [4.69, 9.17) is 11.6 Å².